The van der Waals surface area contributed by atoms with Crippen LogP contribution in [-0.4, -0.2) is 36.8 Å². The first-order chi connectivity index (χ1) is 8.26. The Hall–Kier alpha value is -1.56. The zero-order valence-corrected chi connectivity index (χ0v) is 10.4. The molecule has 0 atom stereocenters. The molecule has 0 fully saturated rings. The van der Waals surface area contributed by atoms with Gasteiger partial charge >= 0.3 is 0 Å². The summed E-state index contributed by atoms with van der Waals surface area (Å²) in [5.74, 6) is 1.29. The van der Waals surface area contributed by atoms with Crippen molar-refractivity contribution in [3.63, 3.8) is 0 Å². The Morgan fingerprint density at radius 3 is 2.88 bits per heavy atom. The lowest BCUT2D eigenvalue weighted by atomic mass is 10.4. The van der Waals surface area contributed by atoms with Crippen LogP contribution in [-0.2, 0) is 4.74 Å². The van der Waals surface area contributed by atoms with Crippen molar-refractivity contribution < 1.29 is 9.47 Å². The maximum atomic E-state index is 5.53. The van der Waals surface area contributed by atoms with Gasteiger partial charge in [-0.3, -0.25) is 0 Å². The SMILES string of the molecule is CCCCOCCNc1cc(OC)nc(N)n1. The van der Waals surface area contributed by atoms with Gasteiger partial charge in [-0.1, -0.05) is 13.3 Å². The van der Waals surface area contributed by atoms with Gasteiger partial charge in [-0.05, 0) is 6.42 Å². The molecule has 0 aliphatic heterocycles. The predicted octanol–water partition coefficient (Wildman–Crippen LogP) is 1.30. The van der Waals surface area contributed by atoms with E-state index in [0.29, 0.717) is 24.8 Å². The molecule has 6 heteroatoms. The minimum atomic E-state index is 0.193. The fourth-order valence-corrected chi connectivity index (χ4v) is 1.24. The van der Waals surface area contributed by atoms with Crippen LogP contribution in [0.5, 0.6) is 5.88 Å². The lowest BCUT2D eigenvalue weighted by Crippen LogP contribution is -2.12. The number of rotatable bonds is 8. The number of methoxy groups -OCH3 is 1. The van der Waals surface area contributed by atoms with Gasteiger partial charge in [-0.2, -0.15) is 9.97 Å². The molecule has 0 unspecified atom stereocenters. The molecule has 96 valence electrons. The zero-order valence-electron chi connectivity index (χ0n) is 10.4. The molecule has 0 radical (unpaired) electrons. The van der Waals surface area contributed by atoms with Gasteiger partial charge in [0, 0.05) is 19.2 Å². The number of anilines is 2. The fraction of sp³-hybridized carbons (Fsp3) is 0.636. The normalized spacial score (nSPS) is 10.2. The second-order valence-electron chi connectivity index (χ2n) is 3.55. The van der Waals surface area contributed by atoms with E-state index in [-0.39, 0.29) is 5.95 Å². The number of aromatic nitrogens is 2. The first-order valence-corrected chi connectivity index (χ1v) is 5.76. The molecule has 1 heterocycles. The average molecular weight is 240 g/mol. The largest absolute Gasteiger partial charge is 0.481 e. The van der Waals surface area contributed by atoms with Crippen LogP contribution in [0.2, 0.25) is 0 Å². The molecule has 6 nitrogen and oxygen atoms in total. The van der Waals surface area contributed by atoms with Crippen LogP contribution in [0.1, 0.15) is 19.8 Å². The van der Waals surface area contributed by atoms with Gasteiger partial charge in [0.2, 0.25) is 11.8 Å². The summed E-state index contributed by atoms with van der Waals surface area (Å²) in [5.41, 5.74) is 5.53. The monoisotopic (exact) mass is 240 g/mol. The maximum Gasteiger partial charge on any atom is 0.225 e. The molecule has 0 aromatic carbocycles. The highest BCUT2D eigenvalue weighted by Gasteiger charge is 2.01. The number of hydrogen-bond donors (Lipinski definition) is 2. The standard InChI is InChI=1S/C11H20N4O2/c1-3-4-6-17-7-5-13-9-8-10(16-2)15-11(12)14-9/h8H,3-7H2,1-2H3,(H3,12,13,14,15). The van der Waals surface area contributed by atoms with Crippen LogP contribution in [0.25, 0.3) is 0 Å². The van der Waals surface area contributed by atoms with Crippen molar-refractivity contribution in [1.29, 1.82) is 0 Å². The molecule has 0 bridgehead atoms. The molecule has 1 rings (SSSR count). The molecule has 3 N–H and O–H groups in total. The molecule has 0 aliphatic rings. The van der Waals surface area contributed by atoms with Crippen molar-refractivity contribution >= 4 is 11.8 Å². The fourth-order valence-electron chi connectivity index (χ4n) is 1.24. The van der Waals surface area contributed by atoms with Crippen molar-refractivity contribution in [2.24, 2.45) is 0 Å². The predicted molar refractivity (Wildman–Crippen MR) is 67.2 cm³/mol. The third kappa shape index (κ3) is 5.35. The summed E-state index contributed by atoms with van der Waals surface area (Å²) in [5, 5.41) is 3.10. The van der Waals surface area contributed by atoms with Crippen molar-refractivity contribution in [1.82, 2.24) is 9.97 Å². The van der Waals surface area contributed by atoms with Crippen LogP contribution in [0, 0.1) is 0 Å². The molecular weight excluding hydrogens is 220 g/mol. The molecule has 0 amide bonds. The van der Waals surface area contributed by atoms with E-state index in [9.17, 15) is 0 Å². The lowest BCUT2D eigenvalue weighted by Gasteiger charge is -2.08. The Labute approximate surface area is 102 Å². The lowest BCUT2D eigenvalue weighted by molar-refractivity contribution is 0.141. The van der Waals surface area contributed by atoms with Crippen molar-refractivity contribution in [3.05, 3.63) is 6.07 Å². The topological polar surface area (TPSA) is 82.3 Å². The first kappa shape index (κ1) is 13.5. The summed E-state index contributed by atoms with van der Waals surface area (Å²) < 4.78 is 10.4. The van der Waals surface area contributed by atoms with Gasteiger partial charge in [0.1, 0.15) is 5.82 Å². The Balaban J connectivity index is 2.28. The van der Waals surface area contributed by atoms with E-state index in [1.807, 2.05) is 0 Å². The van der Waals surface area contributed by atoms with E-state index in [0.717, 1.165) is 19.4 Å². The molecule has 0 saturated carbocycles. The highest BCUT2D eigenvalue weighted by molar-refractivity contribution is 5.42. The van der Waals surface area contributed by atoms with Crippen LogP contribution in [0.3, 0.4) is 0 Å². The minimum Gasteiger partial charge on any atom is -0.481 e. The number of nitrogens with zero attached hydrogens (tertiary/aromatic N) is 2. The van der Waals surface area contributed by atoms with Crippen LogP contribution in [0.15, 0.2) is 6.07 Å². The number of nitrogen functional groups attached to an aromatic ring is 1. The van der Waals surface area contributed by atoms with E-state index in [4.69, 9.17) is 15.2 Å². The van der Waals surface area contributed by atoms with Crippen molar-refractivity contribution in [2.75, 3.05) is 37.9 Å². The summed E-state index contributed by atoms with van der Waals surface area (Å²) >= 11 is 0. The number of hydrogen-bond acceptors (Lipinski definition) is 6. The van der Waals surface area contributed by atoms with E-state index in [2.05, 4.69) is 22.2 Å². The molecule has 1 aromatic rings. The third-order valence-electron chi connectivity index (χ3n) is 2.12. The van der Waals surface area contributed by atoms with E-state index in [1.54, 1.807) is 13.2 Å². The second kappa shape index (κ2) is 7.67. The number of nitrogens with one attached hydrogen (secondary N) is 1. The summed E-state index contributed by atoms with van der Waals surface area (Å²) in [6.45, 7) is 4.26. The van der Waals surface area contributed by atoms with Crippen molar-refractivity contribution in [2.45, 2.75) is 19.8 Å². The van der Waals surface area contributed by atoms with E-state index < -0.39 is 0 Å². The Kier molecular flexibility index (Phi) is 6.09. The smallest absolute Gasteiger partial charge is 0.225 e. The van der Waals surface area contributed by atoms with Gasteiger partial charge in [-0.15, -0.1) is 0 Å². The Morgan fingerprint density at radius 1 is 1.35 bits per heavy atom. The van der Waals surface area contributed by atoms with Crippen molar-refractivity contribution in [3.8, 4) is 5.88 Å². The Bertz CT molecular complexity index is 333. The third-order valence-corrected chi connectivity index (χ3v) is 2.12. The minimum absolute atomic E-state index is 0.193. The molecular formula is C11H20N4O2. The van der Waals surface area contributed by atoms with E-state index in [1.165, 1.54) is 0 Å². The van der Waals surface area contributed by atoms with Gasteiger partial charge < -0.3 is 20.5 Å². The molecule has 17 heavy (non-hydrogen) atoms. The van der Waals surface area contributed by atoms with Crippen LogP contribution < -0.4 is 15.8 Å². The Morgan fingerprint density at radius 2 is 2.18 bits per heavy atom. The molecule has 1 aromatic heterocycles. The summed E-state index contributed by atoms with van der Waals surface area (Å²) in [7, 11) is 1.54. The summed E-state index contributed by atoms with van der Waals surface area (Å²) in [6, 6.07) is 1.70. The average Bonchev–Trinajstić information content (AvgIpc) is 2.33. The highest BCUT2D eigenvalue weighted by Crippen LogP contribution is 2.13. The van der Waals surface area contributed by atoms with Crippen LogP contribution >= 0.6 is 0 Å². The summed E-state index contributed by atoms with van der Waals surface area (Å²) in [4.78, 5) is 7.93. The maximum absolute atomic E-state index is 5.53. The second-order valence-corrected chi connectivity index (χ2v) is 3.55. The number of nitrogens with two attached hydrogens (primary N) is 1. The van der Waals surface area contributed by atoms with Gasteiger partial charge in [0.05, 0.1) is 13.7 Å². The molecule has 0 spiro atoms. The van der Waals surface area contributed by atoms with Gasteiger partial charge in [0.15, 0.2) is 0 Å². The van der Waals surface area contributed by atoms with E-state index >= 15 is 0 Å². The number of ether oxygens (including phenoxy) is 2. The van der Waals surface area contributed by atoms with Gasteiger partial charge in [0.25, 0.3) is 0 Å². The quantitative estimate of drug-likeness (QED) is 0.666. The zero-order chi connectivity index (χ0) is 12.5. The molecule has 0 aliphatic carbocycles. The number of unbranched alkanes of at least 4 members (excludes halogenated alkanes) is 1. The first-order valence-electron chi connectivity index (χ1n) is 5.76. The van der Waals surface area contributed by atoms with Gasteiger partial charge in [-0.25, -0.2) is 0 Å². The molecule has 0 saturated heterocycles. The van der Waals surface area contributed by atoms with Crippen LogP contribution in [0.4, 0.5) is 11.8 Å². The summed E-state index contributed by atoms with van der Waals surface area (Å²) in [6.07, 6.45) is 2.24. The highest BCUT2D eigenvalue weighted by atomic mass is 16.5.